The second-order valence-corrected chi connectivity index (χ2v) is 4.88. The first kappa shape index (κ1) is 16.6. The lowest BCUT2D eigenvalue weighted by atomic mass is 10.2. The molecular weight excluding hydrogens is 294 g/mol. The molecule has 1 aromatic carbocycles. The molecular formula is C17H21N3O3. The van der Waals surface area contributed by atoms with E-state index in [1.807, 2.05) is 19.1 Å². The summed E-state index contributed by atoms with van der Waals surface area (Å²) in [6, 6.07) is 8.98. The van der Waals surface area contributed by atoms with Gasteiger partial charge in [0.05, 0.1) is 19.9 Å². The van der Waals surface area contributed by atoms with Crippen LogP contribution in [0.15, 0.2) is 36.5 Å². The number of hydrogen-bond acceptors (Lipinski definition) is 5. The predicted molar refractivity (Wildman–Crippen MR) is 89.7 cm³/mol. The van der Waals surface area contributed by atoms with Crippen molar-refractivity contribution < 1.29 is 14.3 Å². The third-order valence-electron chi connectivity index (χ3n) is 3.22. The van der Waals surface area contributed by atoms with Crippen LogP contribution in [0.1, 0.15) is 23.8 Å². The molecule has 0 unspecified atom stereocenters. The van der Waals surface area contributed by atoms with Gasteiger partial charge in [0, 0.05) is 24.5 Å². The average molecular weight is 315 g/mol. The van der Waals surface area contributed by atoms with Gasteiger partial charge in [-0.15, -0.1) is 0 Å². The Labute approximate surface area is 135 Å². The standard InChI is InChI=1S/C17H21N3O3/c1-4-8-19-17(21)15-10-12(7-9-18-15)20-14-6-5-13(22-2)11-16(14)23-3/h5-7,9-11H,4,8H2,1-3H3,(H,18,20)(H,19,21). The van der Waals surface area contributed by atoms with E-state index in [1.54, 1.807) is 38.6 Å². The quantitative estimate of drug-likeness (QED) is 0.822. The fraction of sp³-hybridized carbons (Fsp3) is 0.294. The van der Waals surface area contributed by atoms with Crippen molar-refractivity contribution in [2.45, 2.75) is 13.3 Å². The van der Waals surface area contributed by atoms with Crippen molar-refractivity contribution in [2.24, 2.45) is 0 Å². The van der Waals surface area contributed by atoms with Crippen LogP contribution < -0.4 is 20.1 Å². The summed E-state index contributed by atoms with van der Waals surface area (Å²) < 4.78 is 10.5. The van der Waals surface area contributed by atoms with E-state index in [0.29, 0.717) is 23.7 Å². The van der Waals surface area contributed by atoms with Crippen LogP contribution in [0.25, 0.3) is 0 Å². The number of carbonyl (C=O) groups excluding carboxylic acids is 1. The second kappa shape index (κ2) is 8.03. The van der Waals surface area contributed by atoms with Crippen LogP contribution in [0.3, 0.4) is 0 Å². The van der Waals surface area contributed by atoms with Gasteiger partial charge in [-0.05, 0) is 30.7 Å². The van der Waals surface area contributed by atoms with Gasteiger partial charge in [-0.1, -0.05) is 6.92 Å². The molecule has 2 N–H and O–H groups in total. The first-order valence-electron chi connectivity index (χ1n) is 7.41. The molecule has 0 spiro atoms. The SMILES string of the molecule is CCCNC(=O)c1cc(Nc2ccc(OC)cc2OC)ccn1. The molecule has 6 nitrogen and oxygen atoms in total. The van der Waals surface area contributed by atoms with Crippen LogP contribution >= 0.6 is 0 Å². The molecule has 2 aromatic rings. The molecule has 0 aliphatic heterocycles. The van der Waals surface area contributed by atoms with E-state index in [-0.39, 0.29) is 5.91 Å². The molecule has 2 rings (SSSR count). The molecule has 1 heterocycles. The van der Waals surface area contributed by atoms with Crippen LogP contribution in [0.2, 0.25) is 0 Å². The van der Waals surface area contributed by atoms with Gasteiger partial charge in [-0.2, -0.15) is 0 Å². The maximum absolute atomic E-state index is 12.0. The molecule has 0 saturated heterocycles. The molecule has 0 saturated carbocycles. The topological polar surface area (TPSA) is 72.5 Å². The second-order valence-electron chi connectivity index (χ2n) is 4.88. The van der Waals surface area contributed by atoms with Gasteiger partial charge in [0.15, 0.2) is 0 Å². The first-order valence-corrected chi connectivity index (χ1v) is 7.41. The number of anilines is 2. The Balaban J connectivity index is 2.19. The maximum atomic E-state index is 12.0. The molecule has 0 bridgehead atoms. The fourth-order valence-corrected chi connectivity index (χ4v) is 2.02. The lowest BCUT2D eigenvalue weighted by molar-refractivity contribution is 0.0948. The summed E-state index contributed by atoms with van der Waals surface area (Å²) in [6.07, 6.45) is 2.48. The van der Waals surface area contributed by atoms with Gasteiger partial charge < -0.3 is 20.1 Å². The molecule has 0 aliphatic rings. The number of nitrogens with zero attached hydrogens (tertiary/aromatic N) is 1. The number of amides is 1. The highest BCUT2D eigenvalue weighted by Crippen LogP contribution is 2.31. The summed E-state index contributed by atoms with van der Waals surface area (Å²) in [5.74, 6) is 1.18. The zero-order chi connectivity index (χ0) is 16.7. The Kier molecular flexibility index (Phi) is 5.80. The lowest BCUT2D eigenvalue weighted by Gasteiger charge is -2.13. The fourth-order valence-electron chi connectivity index (χ4n) is 2.02. The monoisotopic (exact) mass is 315 g/mol. The molecule has 0 fully saturated rings. The molecule has 1 amide bonds. The number of aromatic nitrogens is 1. The number of benzene rings is 1. The highest BCUT2D eigenvalue weighted by molar-refractivity contribution is 5.93. The maximum Gasteiger partial charge on any atom is 0.269 e. The van der Waals surface area contributed by atoms with Gasteiger partial charge in [0.2, 0.25) is 0 Å². The highest BCUT2D eigenvalue weighted by Gasteiger charge is 2.09. The summed E-state index contributed by atoms with van der Waals surface area (Å²) in [7, 11) is 3.20. The minimum atomic E-state index is -0.183. The third kappa shape index (κ3) is 4.35. The number of carbonyl (C=O) groups is 1. The molecule has 1 aromatic heterocycles. The van der Waals surface area contributed by atoms with Crippen LogP contribution in [-0.4, -0.2) is 31.7 Å². The van der Waals surface area contributed by atoms with E-state index < -0.39 is 0 Å². The summed E-state index contributed by atoms with van der Waals surface area (Å²) in [4.78, 5) is 16.1. The smallest absolute Gasteiger partial charge is 0.269 e. The normalized spacial score (nSPS) is 10.0. The van der Waals surface area contributed by atoms with Gasteiger partial charge in [0.25, 0.3) is 5.91 Å². The largest absolute Gasteiger partial charge is 0.497 e. The number of rotatable bonds is 7. The number of nitrogens with one attached hydrogen (secondary N) is 2. The van der Waals surface area contributed by atoms with Crippen molar-refractivity contribution in [3.8, 4) is 11.5 Å². The number of pyridine rings is 1. The van der Waals surface area contributed by atoms with E-state index in [0.717, 1.165) is 17.8 Å². The van der Waals surface area contributed by atoms with Crippen molar-refractivity contribution >= 4 is 17.3 Å². The van der Waals surface area contributed by atoms with Gasteiger partial charge in [0.1, 0.15) is 17.2 Å². The zero-order valence-electron chi connectivity index (χ0n) is 13.6. The van der Waals surface area contributed by atoms with Gasteiger partial charge >= 0.3 is 0 Å². The molecule has 0 atom stereocenters. The molecule has 6 heteroatoms. The Morgan fingerprint density at radius 1 is 1.17 bits per heavy atom. The summed E-state index contributed by atoms with van der Waals surface area (Å²) in [5.41, 5.74) is 1.90. The van der Waals surface area contributed by atoms with Crippen molar-refractivity contribution in [1.82, 2.24) is 10.3 Å². The molecule has 122 valence electrons. The minimum absolute atomic E-state index is 0.183. The number of hydrogen-bond donors (Lipinski definition) is 2. The van der Waals surface area contributed by atoms with Crippen molar-refractivity contribution in [3.63, 3.8) is 0 Å². The van der Waals surface area contributed by atoms with Crippen molar-refractivity contribution in [1.29, 1.82) is 0 Å². The molecule has 0 aliphatic carbocycles. The molecule has 0 radical (unpaired) electrons. The van der Waals surface area contributed by atoms with E-state index in [1.165, 1.54) is 0 Å². The number of ether oxygens (including phenoxy) is 2. The van der Waals surface area contributed by atoms with E-state index in [2.05, 4.69) is 15.6 Å². The summed E-state index contributed by atoms with van der Waals surface area (Å²) in [6.45, 7) is 2.63. The third-order valence-corrected chi connectivity index (χ3v) is 3.22. The van der Waals surface area contributed by atoms with E-state index >= 15 is 0 Å². The van der Waals surface area contributed by atoms with Crippen LogP contribution in [0, 0.1) is 0 Å². The van der Waals surface area contributed by atoms with Crippen LogP contribution in [-0.2, 0) is 0 Å². The predicted octanol–water partition coefficient (Wildman–Crippen LogP) is 2.98. The average Bonchev–Trinajstić information content (AvgIpc) is 2.60. The van der Waals surface area contributed by atoms with Gasteiger partial charge in [-0.25, -0.2) is 0 Å². The Bertz CT molecular complexity index is 674. The van der Waals surface area contributed by atoms with Gasteiger partial charge in [-0.3, -0.25) is 9.78 Å². The Morgan fingerprint density at radius 2 is 2.00 bits per heavy atom. The lowest BCUT2D eigenvalue weighted by Crippen LogP contribution is -2.24. The highest BCUT2D eigenvalue weighted by atomic mass is 16.5. The number of methoxy groups -OCH3 is 2. The summed E-state index contributed by atoms with van der Waals surface area (Å²) in [5, 5.41) is 6.03. The summed E-state index contributed by atoms with van der Waals surface area (Å²) >= 11 is 0. The zero-order valence-corrected chi connectivity index (χ0v) is 13.6. The van der Waals surface area contributed by atoms with Crippen molar-refractivity contribution in [2.75, 3.05) is 26.1 Å². The Hall–Kier alpha value is -2.76. The van der Waals surface area contributed by atoms with Crippen LogP contribution in [0.4, 0.5) is 11.4 Å². The first-order chi connectivity index (χ1) is 11.2. The van der Waals surface area contributed by atoms with Crippen LogP contribution in [0.5, 0.6) is 11.5 Å². The molecule has 23 heavy (non-hydrogen) atoms. The van der Waals surface area contributed by atoms with Crippen molar-refractivity contribution in [3.05, 3.63) is 42.2 Å². The van der Waals surface area contributed by atoms with E-state index in [4.69, 9.17) is 9.47 Å². The Morgan fingerprint density at radius 3 is 2.70 bits per heavy atom. The minimum Gasteiger partial charge on any atom is -0.497 e. The van der Waals surface area contributed by atoms with E-state index in [9.17, 15) is 4.79 Å².